The van der Waals surface area contributed by atoms with Crippen LogP contribution in [0.5, 0.6) is 0 Å². The zero-order valence-corrected chi connectivity index (χ0v) is 19.3. The molecule has 0 aromatic heterocycles. The predicted molar refractivity (Wildman–Crippen MR) is 138 cm³/mol. The Kier molecular flexibility index (Phi) is 7.70. The highest BCUT2D eigenvalue weighted by atomic mass is 16.4. The van der Waals surface area contributed by atoms with Crippen molar-refractivity contribution >= 4 is 11.9 Å². The summed E-state index contributed by atoms with van der Waals surface area (Å²) in [5.74, 6) is -1.23. The number of carboxylic acids is 1. The van der Waals surface area contributed by atoms with Crippen molar-refractivity contribution in [3.63, 3.8) is 0 Å². The minimum absolute atomic E-state index is 0.00203. The second kappa shape index (κ2) is 11.3. The molecule has 35 heavy (non-hydrogen) atoms. The van der Waals surface area contributed by atoms with Gasteiger partial charge in [0.05, 0.1) is 0 Å². The van der Waals surface area contributed by atoms with Gasteiger partial charge in [0.1, 0.15) is 6.04 Å². The van der Waals surface area contributed by atoms with E-state index in [1.807, 2.05) is 36.4 Å². The smallest absolute Gasteiger partial charge is 0.320 e. The molecule has 0 spiro atoms. The van der Waals surface area contributed by atoms with Crippen LogP contribution in [0.4, 0.5) is 0 Å². The van der Waals surface area contributed by atoms with E-state index >= 15 is 0 Å². The number of hydrogen-bond acceptors (Lipinski definition) is 3. The van der Waals surface area contributed by atoms with Gasteiger partial charge in [-0.2, -0.15) is 0 Å². The number of carbonyl (C=O) groups excluding carboxylic acids is 1. The molecule has 5 nitrogen and oxygen atoms in total. The van der Waals surface area contributed by atoms with Crippen LogP contribution >= 0.6 is 0 Å². The van der Waals surface area contributed by atoms with Crippen molar-refractivity contribution in [2.24, 2.45) is 5.73 Å². The van der Waals surface area contributed by atoms with Gasteiger partial charge in [-0.3, -0.25) is 9.59 Å². The van der Waals surface area contributed by atoms with Gasteiger partial charge in [0, 0.05) is 18.0 Å². The Balaban J connectivity index is 1.48. The van der Waals surface area contributed by atoms with Gasteiger partial charge in [0.2, 0.25) is 0 Å². The minimum atomic E-state index is -1.05. The van der Waals surface area contributed by atoms with E-state index in [4.69, 9.17) is 10.8 Å². The van der Waals surface area contributed by atoms with E-state index in [1.165, 1.54) is 0 Å². The van der Waals surface area contributed by atoms with Crippen molar-refractivity contribution in [2.45, 2.75) is 18.4 Å². The van der Waals surface area contributed by atoms with E-state index in [0.717, 1.165) is 27.8 Å². The number of benzene rings is 4. The summed E-state index contributed by atoms with van der Waals surface area (Å²) in [6.45, 7) is 0.444. The van der Waals surface area contributed by atoms with Crippen molar-refractivity contribution in [3.05, 3.63) is 131 Å². The maximum absolute atomic E-state index is 12.9. The lowest BCUT2D eigenvalue weighted by Gasteiger charge is -2.19. The first-order valence-electron chi connectivity index (χ1n) is 11.6. The Labute approximate surface area is 205 Å². The summed E-state index contributed by atoms with van der Waals surface area (Å²) < 4.78 is 0. The van der Waals surface area contributed by atoms with Crippen LogP contribution in [-0.2, 0) is 11.2 Å². The van der Waals surface area contributed by atoms with Gasteiger partial charge >= 0.3 is 5.97 Å². The zero-order valence-electron chi connectivity index (χ0n) is 19.3. The van der Waals surface area contributed by atoms with Crippen LogP contribution in [0, 0.1) is 0 Å². The largest absolute Gasteiger partial charge is 0.480 e. The quantitative estimate of drug-likeness (QED) is 0.330. The SMILES string of the molecule is N[C@@H](Cc1ccc(C(=O)NCC(c2ccccc2)c2ccc(-c3ccccc3)cc2)cc1)C(=O)O. The number of rotatable bonds is 9. The highest BCUT2D eigenvalue weighted by Crippen LogP contribution is 2.27. The monoisotopic (exact) mass is 464 g/mol. The first kappa shape index (κ1) is 23.9. The molecule has 4 N–H and O–H groups in total. The molecular formula is C30H28N2O3. The molecule has 4 aromatic carbocycles. The molecule has 0 saturated heterocycles. The van der Waals surface area contributed by atoms with Crippen LogP contribution in [0.25, 0.3) is 11.1 Å². The number of hydrogen-bond donors (Lipinski definition) is 3. The molecule has 0 radical (unpaired) electrons. The first-order valence-corrected chi connectivity index (χ1v) is 11.6. The van der Waals surface area contributed by atoms with Crippen molar-refractivity contribution in [3.8, 4) is 11.1 Å². The summed E-state index contributed by atoms with van der Waals surface area (Å²) in [7, 11) is 0. The summed E-state index contributed by atoms with van der Waals surface area (Å²) in [5, 5.41) is 12.0. The van der Waals surface area contributed by atoms with Gasteiger partial charge < -0.3 is 16.2 Å². The molecule has 0 fully saturated rings. The molecular weight excluding hydrogens is 436 g/mol. The van der Waals surface area contributed by atoms with Gasteiger partial charge in [-0.25, -0.2) is 0 Å². The Morgan fingerprint density at radius 1 is 0.714 bits per heavy atom. The van der Waals surface area contributed by atoms with Gasteiger partial charge in [0.15, 0.2) is 0 Å². The van der Waals surface area contributed by atoms with Crippen LogP contribution in [-0.4, -0.2) is 29.6 Å². The van der Waals surface area contributed by atoms with E-state index in [9.17, 15) is 9.59 Å². The number of carbonyl (C=O) groups is 2. The second-order valence-corrected chi connectivity index (χ2v) is 8.51. The molecule has 0 saturated carbocycles. The minimum Gasteiger partial charge on any atom is -0.480 e. The van der Waals surface area contributed by atoms with Crippen LogP contribution in [0.3, 0.4) is 0 Å². The van der Waals surface area contributed by atoms with Crippen molar-refractivity contribution in [1.82, 2.24) is 5.32 Å². The van der Waals surface area contributed by atoms with E-state index < -0.39 is 12.0 Å². The molecule has 176 valence electrons. The van der Waals surface area contributed by atoms with Crippen molar-refractivity contribution < 1.29 is 14.7 Å². The summed E-state index contributed by atoms with van der Waals surface area (Å²) in [5.41, 5.74) is 11.4. The Bertz CT molecular complexity index is 1250. The first-order chi connectivity index (χ1) is 17.0. The lowest BCUT2D eigenvalue weighted by Crippen LogP contribution is -2.32. The van der Waals surface area contributed by atoms with E-state index in [-0.39, 0.29) is 18.2 Å². The second-order valence-electron chi connectivity index (χ2n) is 8.51. The van der Waals surface area contributed by atoms with Crippen molar-refractivity contribution in [1.29, 1.82) is 0 Å². The third kappa shape index (κ3) is 6.22. The zero-order chi connectivity index (χ0) is 24.6. The maximum atomic E-state index is 12.9. The maximum Gasteiger partial charge on any atom is 0.320 e. The molecule has 0 aliphatic carbocycles. The Morgan fingerprint density at radius 3 is 1.86 bits per heavy atom. The average Bonchev–Trinajstić information content (AvgIpc) is 2.90. The van der Waals surface area contributed by atoms with Gasteiger partial charge in [-0.05, 0) is 46.4 Å². The van der Waals surface area contributed by atoms with Crippen LogP contribution in [0.2, 0.25) is 0 Å². The van der Waals surface area contributed by atoms with Gasteiger partial charge in [-0.1, -0.05) is 97.1 Å². The molecule has 0 bridgehead atoms. The molecule has 4 aromatic rings. The number of carboxylic acid groups (broad SMARTS) is 1. The Morgan fingerprint density at radius 2 is 1.26 bits per heavy atom. The fourth-order valence-corrected chi connectivity index (χ4v) is 4.08. The van der Waals surface area contributed by atoms with E-state index in [0.29, 0.717) is 12.1 Å². The molecule has 0 heterocycles. The molecule has 2 atom stereocenters. The molecule has 0 aliphatic heterocycles. The Hall–Kier alpha value is -4.22. The summed E-state index contributed by atoms with van der Waals surface area (Å²) in [6.07, 6.45) is 0.215. The molecule has 5 heteroatoms. The van der Waals surface area contributed by atoms with E-state index in [1.54, 1.807) is 24.3 Å². The third-order valence-electron chi connectivity index (χ3n) is 6.08. The summed E-state index contributed by atoms with van der Waals surface area (Å²) in [6, 6.07) is 34.8. The molecule has 0 aliphatic rings. The van der Waals surface area contributed by atoms with Gasteiger partial charge in [0.25, 0.3) is 5.91 Å². The predicted octanol–water partition coefficient (Wildman–Crippen LogP) is 4.87. The number of nitrogens with one attached hydrogen (secondary N) is 1. The highest BCUT2D eigenvalue weighted by Gasteiger charge is 2.17. The summed E-state index contributed by atoms with van der Waals surface area (Å²) in [4.78, 5) is 23.8. The normalized spacial score (nSPS) is 12.5. The number of nitrogens with two attached hydrogens (primary N) is 1. The molecule has 1 amide bonds. The highest BCUT2D eigenvalue weighted by molar-refractivity contribution is 5.94. The fourth-order valence-electron chi connectivity index (χ4n) is 4.08. The van der Waals surface area contributed by atoms with Crippen LogP contribution in [0.1, 0.15) is 33.0 Å². The lowest BCUT2D eigenvalue weighted by atomic mass is 9.90. The molecule has 1 unspecified atom stereocenters. The van der Waals surface area contributed by atoms with Crippen molar-refractivity contribution in [2.75, 3.05) is 6.54 Å². The number of aliphatic carboxylic acids is 1. The van der Waals surface area contributed by atoms with Crippen LogP contribution < -0.4 is 11.1 Å². The van der Waals surface area contributed by atoms with Crippen LogP contribution in [0.15, 0.2) is 109 Å². The third-order valence-corrected chi connectivity index (χ3v) is 6.08. The van der Waals surface area contributed by atoms with E-state index in [2.05, 4.69) is 53.8 Å². The average molecular weight is 465 g/mol. The fraction of sp³-hybridized carbons (Fsp3) is 0.133. The summed E-state index contributed by atoms with van der Waals surface area (Å²) >= 11 is 0. The standard InChI is InChI=1S/C30H28N2O3/c31-28(30(34)35)19-21-11-13-26(14-12-21)29(33)32-20-27(24-9-5-2-6-10-24)25-17-15-23(16-18-25)22-7-3-1-4-8-22/h1-18,27-28H,19-20,31H2,(H,32,33)(H,34,35)/t27?,28-/m0/s1. The van der Waals surface area contributed by atoms with Gasteiger partial charge in [-0.15, -0.1) is 0 Å². The number of amides is 1. The topological polar surface area (TPSA) is 92.4 Å². The lowest BCUT2D eigenvalue weighted by molar-refractivity contribution is -0.138. The molecule has 4 rings (SSSR count).